The van der Waals surface area contributed by atoms with E-state index in [2.05, 4.69) is 15.4 Å². The molecule has 0 saturated carbocycles. The van der Waals surface area contributed by atoms with Gasteiger partial charge in [0.25, 0.3) is 5.91 Å². The van der Waals surface area contributed by atoms with E-state index in [1.54, 1.807) is 38.4 Å². The summed E-state index contributed by atoms with van der Waals surface area (Å²) in [5.41, 5.74) is 0.320. The highest BCUT2D eigenvalue weighted by Crippen LogP contribution is 2.29. The molecule has 0 heterocycles. The highest BCUT2D eigenvalue weighted by atomic mass is 35.5. The van der Waals surface area contributed by atoms with Gasteiger partial charge in [0.1, 0.15) is 6.04 Å². The molecule has 0 bridgehead atoms. The molecule has 0 aliphatic rings. The van der Waals surface area contributed by atoms with Crippen molar-refractivity contribution in [2.24, 2.45) is 11.3 Å². The maximum atomic E-state index is 14.1. The second-order valence-corrected chi connectivity index (χ2v) is 15.6. The van der Waals surface area contributed by atoms with Gasteiger partial charge in [0, 0.05) is 23.1 Å². The van der Waals surface area contributed by atoms with Crippen molar-refractivity contribution in [3.8, 4) is 0 Å². The summed E-state index contributed by atoms with van der Waals surface area (Å²) in [7, 11) is -0.667. The molecule has 3 atom stereocenters. The Labute approximate surface area is 274 Å². The zero-order valence-electron chi connectivity index (χ0n) is 28.1. The zero-order valence-corrected chi connectivity index (χ0v) is 29.6. The van der Waals surface area contributed by atoms with Gasteiger partial charge in [0.05, 0.1) is 17.8 Å². The van der Waals surface area contributed by atoms with Crippen LogP contribution >= 0.6 is 11.6 Å². The lowest BCUT2D eigenvalue weighted by molar-refractivity contribution is -0.140. The zero-order chi connectivity index (χ0) is 34.3. The van der Waals surface area contributed by atoms with Crippen molar-refractivity contribution in [3.05, 3.63) is 82.4 Å². The molecule has 0 unspecified atom stereocenters. The first-order valence-electron chi connectivity index (χ1n) is 15.0. The van der Waals surface area contributed by atoms with E-state index in [1.807, 2.05) is 78.8 Å². The second-order valence-electron chi connectivity index (χ2n) is 13.5. The van der Waals surface area contributed by atoms with Gasteiger partial charge in [-0.05, 0) is 48.6 Å². The number of benzene rings is 2. The number of likely N-dealkylation sites (N-methyl/N-ethyl adjacent to an activating group) is 2. The predicted octanol–water partition coefficient (Wildman–Crippen LogP) is 4.81. The molecule has 2 rings (SSSR count). The van der Waals surface area contributed by atoms with E-state index >= 15 is 0 Å². The molecule has 0 fully saturated rings. The van der Waals surface area contributed by atoms with E-state index in [0.717, 1.165) is 5.56 Å². The number of amides is 3. The fourth-order valence-corrected chi connectivity index (χ4v) is 6.61. The number of hydrogen-bond donors (Lipinski definition) is 3. The monoisotopic (exact) mass is 660 g/mol. The summed E-state index contributed by atoms with van der Waals surface area (Å²) in [6, 6.07) is 14.0. The van der Waals surface area contributed by atoms with Crippen molar-refractivity contribution in [1.82, 2.24) is 20.3 Å². The Bertz CT molecular complexity index is 1480. The summed E-state index contributed by atoms with van der Waals surface area (Å²) in [6.45, 7) is 14.9. The average molecular weight is 661 g/mol. The van der Waals surface area contributed by atoms with Gasteiger partial charge in [-0.15, -0.1) is 0 Å². The number of rotatable bonds is 13. The third-order valence-corrected chi connectivity index (χ3v) is 9.39. The molecule has 2 aromatic rings. The molecule has 0 radical (unpaired) electrons. The predicted molar refractivity (Wildman–Crippen MR) is 181 cm³/mol. The smallest absolute Gasteiger partial charge is 0.260 e. The first-order chi connectivity index (χ1) is 20.7. The number of nitrogens with one attached hydrogen (secondary N) is 3. The van der Waals surface area contributed by atoms with Gasteiger partial charge in [0.2, 0.25) is 21.8 Å². The fourth-order valence-electron chi connectivity index (χ4n) is 5.27. The second kappa shape index (κ2) is 15.4. The Morgan fingerprint density at radius 1 is 0.956 bits per heavy atom. The topological polar surface area (TPSA) is 125 Å². The third kappa shape index (κ3) is 10.4. The van der Waals surface area contributed by atoms with Crippen LogP contribution < -0.4 is 15.4 Å². The summed E-state index contributed by atoms with van der Waals surface area (Å²) < 4.78 is 27.5. The molecule has 0 aromatic heterocycles. The number of halogens is 1. The van der Waals surface area contributed by atoms with Crippen LogP contribution in [-0.4, -0.2) is 63.3 Å². The molecule has 11 heteroatoms. The number of carbonyl (C=O) groups is 3. The maximum Gasteiger partial charge on any atom is 0.260 e. The Morgan fingerprint density at radius 3 is 2.07 bits per heavy atom. The number of nitrogens with zero attached hydrogens (tertiary/aromatic N) is 1. The van der Waals surface area contributed by atoms with Crippen LogP contribution in [0.3, 0.4) is 0 Å². The average Bonchev–Trinajstić information content (AvgIpc) is 2.93. The van der Waals surface area contributed by atoms with Crippen LogP contribution in [0.1, 0.15) is 66.5 Å². The van der Waals surface area contributed by atoms with Gasteiger partial charge in [-0.25, -0.2) is 13.1 Å². The van der Waals surface area contributed by atoms with Crippen LogP contribution in [0.25, 0.3) is 0 Å². The quantitative estimate of drug-likeness (QED) is 0.265. The van der Waals surface area contributed by atoms with E-state index < -0.39 is 50.6 Å². The fraction of sp³-hybridized carbons (Fsp3) is 0.500. The van der Waals surface area contributed by atoms with Crippen molar-refractivity contribution < 1.29 is 22.8 Å². The number of sulfonamides is 1. The third-order valence-electron chi connectivity index (χ3n) is 7.94. The van der Waals surface area contributed by atoms with Gasteiger partial charge < -0.3 is 15.5 Å². The summed E-state index contributed by atoms with van der Waals surface area (Å²) in [6.07, 6.45) is 1.59. The summed E-state index contributed by atoms with van der Waals surface area (Å²) in [5, 5.41) is 6.54. The SMILES string of the molecule is CN[C@H](C(=O)N[C@H](C(=O)N(C)[C@H](C=C(C)C(=O)NS(=O)(=O)Cc1cccc(Cl)c1)C(C)C)C(C)(C)C)C(C)(C)c1ccccc1. The van der Waals surface area contributed by atoms with Gasteiger partial charge in [0.15, 0.2) is 0 Å². The van der Waals surface area contributed by atoms with E-state index in [9.17, 15) is 22.8 Å². The lowest BCUT2D eigenvalue weighted by atomic mass is 9.76. The molecule has 0 spiro atoms. The van der Waals surface area contributed by atoms with Crippen LogP contribution in [0.5, 0.6) is 0 Å². The molecule has 45 heavy (non-hydrogen) atoms. The van der Waals surface area contributed by atoms with Gasteiger partial charge in [-0.3, -0.25) is 14.4 Å². The largest absolute Gasteiger partial charge is 0.342 e. The van der Waals surface area contributed by atoms with Crippen LogP contribution in [-0.2, 0) is 35.6 Å². The van der Waals surface area contributed by atoms with Gasteiger partial charge >= 0.3 is 0 Å². The molecule has 3 amide bonds. The molecule has 248 valence electrons. The minimum absolute atomic E-state index is 0.136. The number of carbonyl (C=O) groups excluding carboxylic acids is 3. The molecule has 0 aliphatic heterocycles. The Hall–Kier alpha value is -3.21. The Kier molecular flexibility index (Phi) is 13.0. The van der Waals surface area contributed by atoms with Gasteiger partial charge in [-0.2, -0.15) is 0 Å². The first kappa shape index (κ1) is 38.0. The molecular weight excluding hydrogens is 612 g/mol. The van der Waals surface area contributed by atoms with Crippen molar-refractivity contribution in [3.63, 3.8) is 0 Å². The minimum atomic E-state index is -4.01. The molecule has 0 aliphatic carbocycles. The lowest BCUT2D eigenvalue weighted by Gasteiger charge is -2.40. The molecule has 0 saturated heterocycles. The van der Waals surface area contributed by atoms with E-state index in [1.165, 1.54) is 17.9 Å². The van der Waals surface area contributed by atoms with Crippen LogP contribution in [0.2, 0.25) is 5.02 Å². The van der Waals surface area contributed by atoms with E-state index in [0.29, 0.717) is 10.6 Å². The van der Waals surface area contributed by atoms with Crippen LogP contribution in [0.4, 0.5) is 0 Å². The summed E-state index contributed by atoms with van der Waals surface area (Å²) in [4.78, 5) is 42.3. The first-order valence-corrected chi connectivity index (χ1v) is 17.0. The van der Waals surface area contributed by atoms with Crippen LogP contribution in [0, 0.1) is 11.3 Å². The van der Waals surface area contributed by atoms with Gasteiger partial charge in [-0.1, -0.05) is 109 Å². The highest BCUT2D eigenvalue weighted by Gasteiger charge is 2.41. The lowest BCUT2D eigenvalue weighted by Crippen LogP contribution is -2.61. The maximum absolute atomic E-state index is 14.1. The molecule has 3 N–H and O–H groups in total. The standard InChI is InChI=1S/C34H49ClN4O5S/c1-22(2)27(19-23(3)30(40)38-45(43,44)21-24-15-14-18-26(35)20-24)39(10)32(42)29(33(4,5)6)37-31(41)28(36-9)34(7,8)25-16-12-11-13-17-25/h11-20,22,27-29,36H,21H2,1-10H3,(H,37,41)(H,38,40)/t27-,28-,29-/m1/s1. The van der Waals surface area contributed by atoms with Crippen molar-refractivity contribution in [2.45, 2.75) is 84.7 Å². The Balaban J connectivity index is 2.29. The van der Waals surface area contributed by atoms with Crippen molar-refractivity contribution >= 4 is 39.3 Å². The number of hydrogen-bond acceptors (Lipinski definition) is 6. The molecule has 2 aromatic carbocycles. The van der Waals surface area contributed by atoms with Crippen LogP contribution in [0.15, 0.2) is 66.2 Å². The highest BCUT2D eigenvalue weighted by molar-refractivity contribution is 7.89. The van der Waals surface area contributed by atoms with E-state index in [-0.39, 0.29) is 23.3 Å². The molecular formula is C34H49ClN4O5S. The summed E-state index contributed by atoms with van der Waals surface area (Å²) in [5.74, 6) is -1.99. The Morgan fingerprint density at radius 2 is 1.56 bits per heavy atom. The minimum Gasteiger partial charge on any atom is -0.342 e. The summed E-state index contributed by atoms with van der Waals surface area (Å²) >= 11 is 5.97. The van der Waals surface area contributed by atoms with E-state index in [4.69, 9.17) is 11.6 Å². The normalized spacial score (nSPS) is 14.8. The van der Waals surface area contributed by atoms with Crippen molar-refractivity contribution in [2.75, 3.05) is 14.1 Å². The molecule has 9 nitrogen and oxygen atoms in total. The van der Waals surface area contributed by atoms with Crippen molar-refractivity contribution in [1.29, 1.82) is 0 Å².